The van der Waals surface area contributed by atoms with Crippen molar-refractivity contribution in [2.24, 2.45) is 11.0 Å². The second kappa shape index (κ2) is 7.55. The van der Waals surface area contributed by atoms with Crippen LogP contribution in [0.3, 0.4) is 0 Å². The van der Waals surface area contributed by atoms with Crippen LogP contribution in [-0.4, -0.2) is 34.6 Å². The van der Waals surface area contributed by atoms with Gasteiger partial charge in [0.25, 0.3) is 5.91 Å². The fourth-order valence-corrected chi connectivity index (χ4v) is 2.98. The third-order valence-corrected chi connectivity index (χ3v) is 4.38. The van der Waals surface area contributed by atoms with E-state index >= 15 is 0 Å². The van der Waals surface area contributed by atoms with Gasteiger partial charge >= 0.3 is 0 Å². The van der Waals surface area contributed by atoms with Gasteiger partial charge in [-0.2, -0.15) is 10.1 Å². The van der Waals surface area contributed by atoms with Crippen molar-refractivity contribution in [1.82, 2.24) is 9.97 Å². The molecule has 0 saturated carbocycles. The van der Waals surface area contributed by atoms with Crippen molar-refractivity contribution in [2.75, 3.05) is 17.4 Å². The molecular weight excluding hydrogens is 374 g/mol. The third-order valence-electron chi connectivity index (χ3n) is 4.38. The van der Waals surface area contributed by atoms with Crippen LogP contribution in [0.15, 0.2) is 64.6 Å². The summed E-state index contributed by atoms with van der Waals surface area (Å²) < 4.78 is 10.3. The number of amides is 2. The van der Waals surface area contributed by atoms with Gasteiger partial charge in [-0.15, -0.1) is 0 Å². The van der Waals surface area contributed by atoms with Crippen LogP contribution in [0.4, 0.5) is 11.4 Å². The molecule has 9 heteroatoms. The van der Waals surface area contributed by atoms with Crippen LogP contribution >= 0.6 is 0 Å². The van der Waals surface area contributed by atoms with E-state index in [-0.39, 0.29) is 1.43 Å². The molecule has 3 aromatic rings. The highest BCUT2D eigenvalue weighted by Gasteiger charge is 2.40. The zero-order valence-corrected chi connectivity index (χ0v) is 15.7. The van der Waals surface area contributed by atoms with Gasteiger partial charge in [0.2, 0.25) is 17.7 Å². The molecule has 2 amide bonds. The Morgan fingerprint density at radius 2 is 2.14 bits per heavy atom. The number of nitrogens with zero attached hydrogens (tertiary/aromatic N) is 4. The molecule has 0 fully saturated rings. The molecule has 1 N–H and O–H groups in total. The summed E-state index contributed by atoms with van der Waals surface area (Å²) in [5, 5.41) is 8.17. The molecule has 4 rings (SSSR count). The van der Waals surface area contributed by atoms with E-state index in [4.69, 9.17) is 9.15 Å². The summed E-state index contributed by atoms with van der Waals surface area (Å²) in [6, 6.07) is 10.3. The number of hydrazone groups is 1. The summed E-state index contributed by atoms with van der Waals surface area (Å²) in [5.74, 6) is -1.08. The average Bonchev–Trinajstić information content (AvgIpc) is 3.36. The number of methoxy groups -OCH3 is 1. The molecule has 0 bridgehead atoms. The molecule has 9 nitrogen and oxygen atoms in total. The summed E-state index contributed by atoms with van der Waals surface area (Å²) in [6.45, 7) is 1.64. The van der Waals surface area contributed by atoms with Crippen molar-refractivity contribution in [3.05, 3.63) is 55.1 Å². The van der Waals surface area contributed by atoms with Crippen molar-refractivity contribution < 1.29 is 20.2 Å². The van der Waals surface area contributed by atoms with Crippen molar-refractivity contribution in [3.8, 4) is 17.3 Å². The lowest BCUT2D eigenvalue weighted by Gasteiger charge is -2.14. The van der Waals surface area contributed by atoms with Gasteiger partial charge in [-0.05, 0) is 31.2 Å². The molecule has 29 heavy (non-hydrogen) atoms. The van der Waals surface area contributed by atoms with Crippen LogP contribution in [-0.2, 0) is 9.59 Å². The Labute approximate surface area is 167 Å². The highest BCUT2D eigenvalue weighted by atomic mass is 16.5. The van der Waals surface area contributed by atoms with Crippen molar-refractivity contribution in [2.45, 2.75) is 6.92 Å². The van der Waals surface area contributed by atoms with E-state index in [0.29, 0.717) is 34.4 Å². The van der Waals surface area contributed by atoms with Crippen molar-refractivity contribution in [1.29, 1.82) is 0 Å². The summed E-state index contributed by atoms with van der Waals surface area (Å²) in [4.78, 5) is 33.8. The van der Waals surface area contributed by atoms with E-state index in [2.05, 4.69) is 20.4 Å². The van der Waals surface area contributed by atoms with E-state index in [1.54, 1.807) is 43.5 Å². The lowest BCUT2D eigenvalue weighted by Crippen LogP contribution is -2.36. The largest absolute Gasteiger partial charge is 0.481 e. The van der Waals surface area contributed by atoms with E-state index in [0.717, 1.165) is 0 Å². The molecule has 2 aromatic heterocycles. The number of rotatable bonds is 5. The summed E-state index contributed by atoms with van der Waals surface area (Å²) in [6.07, 6.45) is 4.48. The fraction of sp³-hybridized carbons (Fsp3) is 0.150. The Bertz CT molecular complexity index is 1080. The molecule has 1 aromatic carbocycles. The quantitative estimate of drug-likeness (QED) is 0.668. The molecule has 0 saturated heterocycles. The van der Waals surface area contributed by atoms with Gasteiger partial charge < -0.3 is 14.5 Å². The number of nitrogens with one attached hydrogen (secondary N) is 1. The minimum absolute atomic E-state index is 0. The SMILES string of the molecule is COc1ccc(N2N=C(C)C(C(=O)Nc3cccc(-c4ncco4)c3)C2=O)cn1.[HH]. The average molecular weight is 393 g/mol. The van der Waals surface area contributed by atoms with Gasteiger partial charge in [0.05, 0.1) is 30.9 Å². The van der Waals surface area contributed by atoms with Crippen molar-refractivity contribution in [3.63, 3.8) is 0 Å². The minimum atomic E-state index is -1.03. The molecule has 148 valence electrons. The van der Waals surface area contributed by atoms with Crippen LogP contribution in [0.5, 0.6) is 5.88 Å². The number of pyridine rings is 1. The Hall–Kier alpha value is -4.01. The third kappa shape index (κ3) is 3.57. The number of aromatic nitrogens is 2. The highest BCUT2D eigenvalue weighted by molar-refractivity contribution is 6.28. The summed E-state index contributed by atoms with van der Waals surface area (Å²) in [5.41, 5.74) is 2.08. The highest BCUT2D eigenvalue weighted by Crippen LogP contribution is 2.26. The summed E-state index contributed by atoms with van der Waals surface area (Å²) >= 11 is 0. The lowest BCUT2D eigenvalue weighted by molar-refractivity contribution is -0.127. The van der Waals surface area contributed by atoms with Gasteiger partial charge in [0.1, 0.15) is 6.26 Å². The number of anilines is 2. The number of benzene rings is 1. The number of carbonyl (C=O) groups is 2. The first-order valence-corrected chi connectivity index (χ1v) is 8.76. The number of hydrogen-bond donors (Lipinski definition) is 1. The van der Waals surface area contributed by atoms with E-state index in [1.165, 1.54) is 24.6 Å². The first-order chi connectivity index (χ1) is 14.1. The first kappa shape index (κ1) is 18.4. The Morgan fingerprint density at radius 1 is 1.28 bits per heavy atom. The first-order valence-electron chi connectivity index (χ1n) is 8.76. The van der Waals surface area contributed by atoms with E-state index in [9.17, 15) is 9.59 Å². The number of oxazole rings is 1. The second-order valence-electron chi connectivity index (χ2n) is 6.29. The molecule has 0 radical (unpaired) electrons. The molecule has 3 heterocycles. The van der Waals surface area contributed by atoms with Crippen LogP contribution in [0.25, 0.3) is 11.5 Å². The molecule has 0 aliphatic carbocycles. The lowest BCUT2D eigenvalue weighted by atomic mass is 10.0. The predicted molar refractivity (Wildman–Crippen MR) is 108 cm³/mol. The van der Waals surface area contributed by atoms with E-state index in [1.807, 2.05) is 6.07 Å². The number of carbonyl (C=O) groups excluding carboxylic acids is 2. The van der Waals surface area contributed by atoms with Gasteiger partial charge in [0, 0.05) is 18.7 Å². The maximum absolute atomic E-state index is 12.8. The number of ether oxygens (including phenoxy) is 1. The Balaban J connectivity index is 0.00000256. The molecule has 1 aliphatic rings. The Morgan fingerprint density at radius 3 is 2.83 bits per heavy atom. The van der Waals surface area contributed by atoms with Crippen LogP contribution in [0.1, 0.15) is 8.35 Å². The Kier molecular flexibility index (Phi) is 4.78. The van der Waals surface area contributed by atoms with Gasteiger partial charge in [-0.1, -0.05) is 6.07 Å². The maximum Gasteiger partial charge on any atom is 0.265 e. The van der Waals surface area contributed by atoms with Gasteiger partial charge in [-0.3, -0.25) is 9.59 Å². The second-order valence-corrected chi connectivity index (χ2v) is 6.29. The molecular formula is C20H19N5O4. The summed E-state index contributed by atoms with van der Waals surface area (Å²) in [7, 11) is 1.50. The zero-order chi connectivity index (χ0) is 20.4. The van der Waals surface area contributed by atoms with Gasteiger partial charge in [0.15, 0.2) is 5.92 Å². The fourth-order valence-electron chi connectivity index (χ4n) is 2.98. The molecule has 0 spiro atoms. The topological polar surface area (TPSA) is 110 Å². The van der Waals surface area contributed by atoms with Crippen LogP contribution in [0.2, 0.25) is 0 Å². The molecule has 1 atom stereocenters. The standard InChI is InChI=1S/C20H17N5O4.H2/c1-12-17(20(27)25(24-12)15-6-7-16(28-2)22-11-15)18(26)23-14-5-3-4-13(10-14)19-21-8-9-29-19;/h3-11,17H,1-2H3,(H,23,26);1H. The maximum atomic E-state index is 12.8. The smallest absolute Gasteiger partial charge is 0.265 e. The monoisotopic (exact) mass is 393 g/mol. The number of hydrogen-bond acceptors (Lipinski definition) is 7. The molecule has 1 aliphatic heterocycles. The minimum Gasteiger partial charge on any atom is -0.481 e. The van der Waals surface area contributed by atoms with E-state index < -0.39 is 17.7 Å². The van der Waals surface area contributed by atoms with Crippen LogP contribution in [0, 0.1) is 5.92 Å². The van der Waals surface area contributed by atoms with Crippen molar-refractivity contribution >= 4 is 28.9 Å². The van der Waals surface area contributed by atoms with Gasteiger partial charge in [-0.25, -0.2) is 9.97 Å². The van der Waals surface area contributed by atoms with Crippen LogP contribution < -0.4 is 15.1 Å². The normalized spacial score (nSPS) is 15.9. The predicted octanol–water partition coefficient (Wildman–Crippen LogP) is 2.97. The zero-order valence-electron chi connectivity index (χ0n) is 15.7. The molecule has 1 unspecified atom stereocenters.